The first kappa shape index (κ1) is 20.6. The number of benzene rings is 1. The van der Waals surface area contributed by atoms with E-state index in [1.807, 2.05) is 32.0 Å². The minimum Gasteiger partial charge on any atom is -0.354 e. The van der Waals surface area contributed by atoms with Crippen LogP contribution in [0.25, 0.3) is 5.57 Å². The Morgan fingerprint density at radius 1 is 1.43 bits per heavy atom. The van der Waals surface area contributed by atoms with Crippen LogP contribution in [0.4, 0.5) is 0 Å². The second-order valence-electron chi connectivity index (χ2n) is 7.23. The Morgan fingerprint density at radius 3 is 3.00 bits per heavy atom. The SMILES string of the molecule is CC[C@@H](C)NC(=O)CCc1nc(C2=CCN(Cc3cccc(Cl)c3)CC2)no1. The molecule has 0 bridgehead atoms. The van der Waals surface area contributed by atoms with Gasteiger partial charge in [-0.3, -0.25) is 9.69 Å². The van der Waals surface area contributed by atoms with Gasteiger partial charge in [0.25, 0.3) is 0 Å². The highest BCUT2D eigenvalue weighted by molar-refractivity contribution is 6.30. The molecule has 0 radical (unpaired) electrons. The number of nitrogens with one attached hydrogen (secondary N) is 1. The van der Waals surface area contributed by atoms with Gasteiger partial charge in [-0.1, -0.05) is 41.9 Å². The zero-order chi connectivity index (χ0) is 19.9. The molecule has 1 aromatic heterocycles. The van der Waals surface area contributed by atoms with Crippen molar-refractivity contribution < 1.29 is 9.32 Å². The van der Waals surface area contributed by atoms with Crippen LogP contribution >= 0.6 is 11.6 Å². The molecule has 0 saturated heterocycles. The van der Waals surface area contributed by atoms with Gasteiger partial charge in [0.05, 0.1) is 0 Å². The zero-order valence-corrected chi connectivity index (χ0v) is 17.2. The number of halogens is 1. The molecular formula is C21H27ClN4O2. The summed E-state index contributed by atoms with van der Waals surface area (Å²) in [5.41, 5.74) is 2.31. The van der Waals surface area contributed by atoms with Gasteiger partial charge in [0.1, 0.15) is 0 Å². The van der Waals surface area contributed by atoms with Crippen molar-refractivity contribution >= 4 is 23.1 Å². The summed E-state index contributed by atoms with van der Waals surface area (Å²) in [5, 5.41) is 7.80. The predicted octanol–water partition coefficient (Wildman–Crippen LogP) is 3.86. The van der Waals surface area contributed by atoms with Crippen molar-refractivity contribution in [3.8, 4) is 0 Å². The van der Waals surface area contributed by atoms with Crippen molar-refractivity contribution in [1.29, 1.82) is 0 Å². The number of carbonyl (C=O) groups excluding carboxylic acids is 1. The highest BCUT2D eigenvalue weighted by Gasteiger charge is 2.18. The maximum atomic E-state index is 11.9. The lowest BCUT2D eigenvalue weighted by Crippen LogP contribution is -2.32. The zero-order valence-electron chi connectivity index (χ0n) is 16.4. The summed E-state index contributed by atoms with van der Waals surface area (Å²) in [5.74, 6) is 1.17. The van der Waals surface area contributed by atoms with Crippen molar-refractivity contribution in [2.75, 3.05) is 13.1 Å². The van der Waals surface area contributed by atoms with Crippen molar-refractivity contribution in [1.82, 2.24) is 20.4 Å². The normalized spacial score (nSPS) is 15.9. The Hall–Kier alpha value is -2.18. The molecule has 3 rings (SSSR count). The van der Waals surface area contributed by atoms with Crippen LogP contribution in [0.5, 0.6) is 0 Å². The summed E-state index contributed by atoms with van der Waals surface area (Å²) in [6.07, 6.45) is 4.76. The number of carbonyl (C=O) groups is 1. The number of aryl methyl sites for hydroxylation is 1. The quantitative estimate of drug-likeness (QED) is 0.725. The lowest BCUT2D eigenvalue weighted by Gasteiger charge is -2.25. The van der Waals surface area contributed by atoms with Gasteiger partial charge < -0.3 is 9.84 Å². The standard InChI is InChI=1S/C21H27ClN4O2/c1-3-15(2)23-19(27)7-8-20-24-21(25-28-20)17-9-11-26(12-10-17)14-16-5-4-6-18(22)13-16/h4-6,9,13,15H,3,7-8,10-12,14H2,1-2H3,(H,23,27)/t15-/m1/s1. The molecule has 7 heteroatoms. The number of aromatic nitrogens is 2. The third kappa shape index (κ3) is 5.91. The van der Waals surface area contributed by atoms with Crippen LogP contribution in [0.3, 0.4) is 0 Å². The van der Waals surface area contributed by atoms with Crippen LogP contribution < -0.4 is 5.32 Å². The van der Waals surface area contributed by atoms with Crippen molar-refractivity contribution in [3.05, 3.63) is 52.6 Å². The third-order valence-corrected chi connectivity index (χ3v) is 5.16. The monoisotopic (exact) mass is 402 g/mol. The van der Waals surface area contributed by atoms with Gasteiger partial charge in [0, 0.05) is 43.5 Å². The summed E-state index contributed by atoms with van der Waals surface area (Å²) in [6, 6.07) is 8.15. The molecule has 150 valence electrons. The van der Waals surface area contributed by atoms with Crippen LogP contribution in [0.15, 0.2) is 34.9 Å². The van der Waals surface area contributed by atoms with Gasteiger partial charge in [-0.15, -0.1) is 0 Å². The van der Waals surface area contributed by atoms with Gasteiger partial charge >= 0.3 is 0 Å². The number of hydrogen-bond donors (Lipinski definition) is 1. The molecule has 0 spiro atoms. The molecule has 2 aromatic rings. The van der Waals surface area contributed by atoms with Gasteiger partial charge in [-0.25, -0.2) is 0 Å². The highest BCUT2D eigenvalue weighted by atomic mass is 35.5. The first-order valence-electron chi connectivity index (χ1n) is 9.81. The van der Waals surface area contributed by atoms with E-state index in [1.165, 1.54) is 5.56 Å². The Balaban J connectivity index is 1.50. The molecule has 1 aliphatic heterocycles. The van der Waals surface area contributed by atoms with Crippen molar-refractivity contribution in [2.24, 2.45) is 0 Å². The fourth-order valence-electron chi connectivity index (χ4n) is 3.11. The second kappa shape index (κ2) is 9.85. The van der Waals surface area contributed by atoms with Crippen LogP contribution in [-0.4, -0.2) is 40.1 Å². The molecule has 0 unspecified atom stereocenters. The molecule has 0 aliphatic carbocycles. The van der Waals surface area contributed by atoms with Gasteiger partial charge in [0.2, 0.25) is 11.8 Å². The lowest BCUT2D eigenvalue weighted by molar-refractivity contribution is -0.121. The van der Waals surface area contributed by atoms with E-state index >= 15 is 0 Å². The minimum atomic E-state index is 0.0163. The summed E-state index contributed by atoms with van der Waals surface area (Å²) >= 11 is 6.06. The molecule has 0 saturated carbocycles. The first-order valence-corrected chi connectivity index (χ1v) is 10.2. The Bertz CT molecular complexity index is 833. The smallest absolute Gasteiger partial charge is 0.227 e. The molecule has 1 amide bonds. The number of hydrogen-bond acceptors (Lipinski definition) is 5. The van der Waals surface area contributed by atoms with E-state index in [4.69, 9.17) is 16.1 Å². The average Bonchev–Trinajstić information content (AvgIpc) is 3.16. The van der Waals surface area contributed by atoms with E-state index in [9.17, 15) is 4.79 Å². The predicted molar refractivity (Wildman–Crippen MR) is 110 cm³/mol. The molecule has 0 fully saturated rings. The number of rotatable bonds is 8. The molecule has 1 aromatic carbocycles. The van der Waals surface area contributed by atoms with E-state index in [1.54, 1.807) is 0 Å². The third-order valence-electron chi connectivity index (χ3n) is 4.93. The van der Waals surface area contributed by atoms with Gasteiger partial charge in [-0.05, 0) is 43.0 Å². The van der Waals surface area contributed by atoms with Gasteiger partial charge in [-0.2, -0.15) is 4.98 Å². The molecule has 2 heterocycles. The van der Waals surface area contributed by atoms with Crippen LogP contribution in [0.2, 0.25) is 5.02 Å². The highest BCUT2D eigenvalue weighted by Crippen LogP contribution is 2.22. The molecule has 1 N–H and O–H groups in total. The lowest BCUT2D eigenvalue weighted by atomic mass is 10.1. The van der Waals surface area contributed by atoms with Crippen LogP contribution in [0, 0.1) is 0 Å². The van der Waals surface area contributed by atoms with E-state index in [-0.39, 0.29) is 11.9 Å². The topological polar surface area (TPSA) is 71.3 Å². The fraction of sp³-hybridized carbons (Fsp3) is 0.476. The summed E-state index contributed by atoms with van der Waals surface area (Å²) < 4.78 is 5.33. The van der Waals surface area contributed by atoms with E-state index in [0.717, 1.165) is 43.1 Å². The van der Waals surface area contributed by atoms with E-state index in [2.05, 4.69) is 32.5 Å². The molecular weight excluding hydrogens is 376 g/mol. The summed E-state index contributed by atoms with van der Waals surface area (Å²) in [7, 11) is 0. The maximum Gasteiger partial charge on any atom is 0.227 e. The van der Waals surface area contributed by atoms with E-state index < -0.39 is 0 Å². The van der Waals surface area contributed by atoms with E-state index in [0.29, 0.717) is 24.6 Å². The fourth-order valence-corrected chi connectivity index (χ4v) is 3.32. The Labute approximate surface area is 170 Å². The Kier molecular flexibility index (Phi) is 7.23. The van der Waals surface area contributed by atoms with Crippen molar-refractivity contribution in [2.45, 2.75) is 52.1 Å². The Morgan fingerprint density at radius 2 is 2.29 bits per heavy atom. The molecule has 1 aliphatic rings. The number of amides is 1. The number of nitrogens with zero attached hydrogens (tertiary/aromatic N) is 3. The molecule has 28 heavy (non-hydrogen) atoms. The van der Waals surface area contributed by atoms with Crippen LogP contribution in [0.1, 0.15) is 50.4 Å². The molecule has 6 nitrogen and oxygen atoms in total. The maximum absolute atomic E-state index is 11.9. The summed E-state index contributed by atoms with van der Waals surface area (Å²) in [4.78, 5) is 18.7. The summed E-state index contributed by atoms with van der Waals surface area (Å²) in [6.45, 7) is 6.67. The van der Waals surface area contributed by atoms with Crippen molar-refractivity contribution in [3.63, 3.8) is 0 Å². The minimum absolute atomic E-state index is 0.0163. The molecule has 1 atom stereocenters. The van der Waals surface area contributed by atoms with Crippen LogP contribution in [-0.2, 0) is 17.8 Å². The average molecular weight is 403 g/mol. The second-order valence-corrected chi connectivity index (χ2v) is 7.67. The van der Waals surface area contributed by atoms with Gasteiger partial charge in [0.15, 0.2) is 5.82 Å². The largest absolute Gasteiger partial charge is 0.354 e. The first-order chi connectivity index (χ1) is 13.5.